The maximum atomic E-state index is 10.8. The number of hydrogen-bond donors (Lipinski definition) is 1. The number of aromatic carboxylic acids is 1. The normalized spacial score (nSPS) is 13.9. The molecule has 0 saturated heterocycles. The fraction of sp³-hybridized carbons (Fsp3) is 0.294. The summed E-state index contributed by atoms with van der Waals surface area (Å²) in [6.07, 6.45) is 3.69. The van der Waals surface area contributed by atoms with Crippen LogP contribution in [-0.2, 0) is 13.0 Å². The van der Waals surface area contributed by atoms with E-state index in [1.54, 1.807) is 12.1 Å². The maximum Gasteiger partial charge on any atom is 0.337 e. The van der Waals surface area contributed by atoms with Gasteiger partial charge in [0.15, 0.2) is 0 Å². The highest BCUT2D eigenvalue weighted by molar-refractivity contribution is 5.87. The average molecular weight is 282 g/mol. The second-order valence-electron chi connectivity index (χ2n) is 5.50. The summed E-state index contributed by atoms with van der Waals surface area (Å²) in [5.74, 6) is -0.937. The fourth-order valence-corrected chi connectivity index (χ4v) is 2.81. The molecule has 1 aliphatic heterocycles. The van der Waals surface area contributed by atoms with Gasteiger partial charge >= 0.3 is 5.97 Å². The highest BCUT2D eigenvalue weighted by atomic mass is 16.4. The number of hydrogen-bond acceptors (Lipinski definition) is 3. The zero-order valence-corrected chi connectivity index (χ0v) is 12.0. The lowest BCUT2D eigenvalue weighted by molar-refractivity contribution is 0.0696. The van der Waals surface area contributed by atoms with Gasteiger partial charge in [0.25, 0.3) is 0 Å². The molecule has 0 spiro atoms. The van der Waals surface area contributed by atoms with Crippen molar-refractivity contribution in [3.8, 4) is 0 Å². The molecule has 0 amide bonds. The Morgan fingerprint density at radius 1 is 1.33 bits per heavy atom. The van der Waals surface area contributed by atoms with Crippen molar-refractivity contribution >= 4 is 11.7 Å². The molecule has 108 valence electrons. The van der Waals surface area contributed by atoms with E-state index in [0.29, 0.717) is 0 Å². The van der Waals surface area contributed by atoms with E-state index in [9.17, 15) is 4.79 Å². The zero-order valence-electron chi connectivity index (χ0n) is 12.0. The largest absolute Gasteiger partial charge is 0.478 e. The van der Waals surface area contributed by atoms with Gasteiger partial charge in [0.2, 0.25) is 0 Å². The predicted molar refractivity (Wildman–Crippen MR) is 81.7 cm³/mol. The molecular formula is C17H18N2O2. The van der Waals surface area contributed by atoms with Crippen LogP contribution in [-0.4, -0.2) is 22.6 Å². The molecule has 1 aromatic carbocycles. The van der Waals surface area contributed by atoms with Crippen molar-refractivity contribution in [3.05, 3.63) is 58.9 Å². The van der Waals surface area contributed by atoms with Crippen molar-refractivity contribution in [1.29, 1.82) is 0 Å². The number of fused-ring (bicyclic) bond motifs is 1. The van der Waals surface area contributed by atoms with E-state index in [1.165, 1.54) is 23.0 Å². The standard InChI is InChI=1S/C17H18N2O2/c1-12-4-7-16-13(9-12)3-2-8-19(16)11-15-6-5-14(10-18-15)17(20)21/h4-7,9-10H,2-3,8,11H2,1H3,(H,20,21). The topological polar surface area (TPSA) is 53.4 Å². The quantitative estimate of drug-likeness (QED) is 0.940. The van der Waals surface area contributed by atoms with Gasteiger partial charge in [-0.05, 0) is 43.5 Å². The molecule has 0 fully saturated rings. The monoisotopic (exact) mass is 282 g/mol. The Morgan fingerprint density at radius 2 is 2.19 bits per heavy atom. The minimum Gasteiger partial charge on any atom is -0.478 e. The molecule has 4 nitrogen and oxygen atoms in total. The van der Waals surface area contributed by atoms with Gasteiger partial charge in [0, 0.05) is 18.4 Å². The van der Waals surface area contributed by atoms with Crippen LogP contribution in [0.1, 0.15) is 33.6 Å². The first kappa shape index (κ1) is 13.6. The number of carbonyl (C=O) groups is 1. The van der Waals surface area contributed by atoms with Gasteiger partial charge in [-0.3, -0.25) is 4.98 Å². The molecule has 2 heterocycles. The number of carboxylic acids is 1. The predicted octanol–water partition coefficient (Wildman–Crippen LogP) is 3.04. The number of anilines is 1. The van der Waals surface area contributed by atoms with E-state index >= 15 is 0 Å². The molecule has 0 atom stereocenters. The minimum absolute atomic E-state index is 0.230. The van der Waals surface area contributed by atoms with Crippen molar-refractivity contribution in [2.24, 2.45) is 0 Å². The van der Waals surface area contributed by atoms with Gasteiger partial charge in [-0.25, -0.2) is 4.79 Å². The van der Waals surface area contributed by atoms with Crippen LogP contribution in [0.15, 0.2) is 36.5 Å². The van der Waals surface area contributed by atoms with Crippen molar-refractivity contribution < 1.29 is 9.90 Å². The van der Waals surface area contributed by atoms with Crippen molar-refractivity contribution in [1.82, 2.24) is 4.98 Å². The maximum absolute atomic E-state index is 10.8. The van der Waals surface area contributed by atoms with Crippen molar-refractivity contribution in [2.45, 2.75) is 26.3 Å². The Balaban J connectivity index is 1.81. The lowest BCUT2D eigenvalue weighted by atomic mass is 9.99. The summed E-state index contributed by atoms with van der Waals surface area (Å²) in [5.41, 5.74) is 5.08. The van der Waals surface area contributed by atoms with Crippen LogP contribution in [0.3, 0.4) is 0 Å². The Kier molecular flexibility index (Phi) is 3.60. The summed E-state index contributed by atoms with van der Waals surface area (Å²) in [6.45, 7) is 3.85. The number of pyridine rings is 1. The van der Waals surface area contributed by atoms with Gasteiger partial charge in [-0.1, -0.05) is 17.7 Å². The summed E-state index contributed by atoms with van der Waals surface area (Å²) in [5, 5.41) is 8.90. The van der Waals surface area contributed by atoms with E-state index in [0.717, 1.165) is 31.6 Å². The second kappa shape index (κ2) is 5.56. The second-order valence-corrected chi connectivity index (χ2v) is 5.50. The first-order chi connectivity index (χ1) is 10.1. The number of aryl methyl sites for hydroxylation is 2. The molecule has 1 N–H and O–H groups in total. The molecular weight excluding hydrogens is 264 g/mol. The summed E-state index contributed by atoms with van der Waals surface area (Å²) < 4.78 is 0. The van der Waals surface area contributed by atoms with Crippen molar-refractivity contribution in [3.63, 3.8) is 0 Å². The number of rotatable bonds is 3. The van der Waals surface area contributed by atoms with Gasteiger partial charge in [0.05, 0.1) is 17.8 Å². The zero-order chi connectivity index (χ0) is 14.8. The third-order valence-electron chi connectivity index (χ3n) is 3.87. The fourth-order valence-electron chi connectivity index (χ4n) is 2.81. The van der Waals surface area contributed by atoms with Crippen LogP contribution in [0.4, 0.5) is 5.69 Å². The molecule has 0 aliphatic carbocycles. The number of aromatic nitrogens is 1. The van der Waals surface area contributed by atoms with E-state index in [1.807, 2.05) is 0 Å². The molecule has 0 saturated carbocycles. The molecule has 1 aliphatic rings. The van der Waals surface area contributed by atoms with Crippen LogP contribution < -0.4 is 4.90 Å². The molecule has 3 rings (SSSR count). The van der Waals surface area contributed by atoms with Gasteiger partial charge in [-0.15, -0.1) is 0 Å². The lowest BCUT2D eigenvalue weighted by Gasteiger charge is -2.31. The van der Waals surface area contributed by atoms with Gasteiger partial charge in [0.1, 0.15) is 0 Å². The Hall–Kier alpha value is -2.36. The van der Waals surface area contributed by atoms with Crippen molar-refractivity contribution in [2.75, 3.05) is 11.4 Å². The molecule has 0 bridgehead atoms. The number of benzene rings is 1. The SMILES string of the molecule is Cc1ccc2c(c1)CCCN2Cc1ccc(C(=O)O)cn1. The Morgan fingerprint density at radius 3 is 2.90 bits per heavy atom. The summed E-state index contributed by atoms with van der Waals surface area (Å²) in [6, 6.07) is 9.98. The highest BCUT2D eigenvalue weighted by Gasteiger charge is 2.17. The highest BCUT2D eigenvalue weighted by Crippen LogP contribution is 2.28. The first-order valence-corrected chi connectivity index (χ1v) is 7.16. The smallest absolute Gasteiger partial charge is 0.337 e. The van der Waals surface area contributed by atoms with Crippen LogP contribution >= 0.6 is 0 Å². The summed E-state index contributed by atoms with van der Waals surface area (Å²) >= 11 is 0. The van der Waals surface area contributed by atoms with E-state index in [2.05, 4.69) is 35.0 Å². The molecule has 2 aromatic rings. The molecule has 1 aromatic heterocycles. The third kappa shape index (κ3) is 2.89. The Labute approximate surface area is 124 Å². The summed E-state index contributed by atoms with van der Waals surface area (Å²) in [7, 11) is 0. The van der Waals surface area contributed by atoms with Gasteiger partial charge < -0.3 is 10.0 Å². The first-order valence-electron chi connectivity index (χ1n) is 7.16. The third-order valence-corrected chi connectivity index (χ3v) is 3.87. The van der Waals surface area contributed by atoms with Gasteiger partial charge in [-0.2, -0.15) is 0 Å². The van der Waals surface area contributed by atoms with E-state index in [-0.39, 0.29) is 5.56 Å². The van der Waals surface area contributed by atoms with Crippen LogP contribution in [0, 0.1) is 6.92 Å². The number of carboxylic acid groups (broad SMARTS) is 1. The van der Waals surface area contributed by atoms with Crippen LogP contribution in [0.5, 0.6) is 0 Å². The van der Waals surface area contributed by atoms with Crippen LogP contribution in [0.25, 0.3) is 0 Å². The van der Waals surface area contributed by atoms with E-state index < -0.39 is 5.97 Å². The number of nitrogens with zero attached hydrogens (tertiary/aromatic N) is 2. The van der Waals surface area contributed by atoms with Crippen LogP contribution in [0.2, 0.25) is 0 Å². The Bertz CT molecular complexity index is 665. The molecule has 4 heteroatoms. The average Bonchev–Trinajstić information content (AvgIpc) is 2.47. The molecule has 21 heavy (non-hydrogen) atoms. The minimum atomic E-state index is -0.937. The summed E-state index contributed by atoms with van der Waals surface area (Å²) in [4.78, 5) is 17.4. The molecule has 0 radical (unpaired) electrons. The lowest BCUT2D eigenvalue weighted by Crippen LogP contribution is -2.29. The molecule has 0 unspecified atom stereocenters. The van der Waals surface area contributed by atoms with E-state index in [4.69, 9.17) is 5.11 Å².